The quantitative estimate of drug-likeness (QED) is 0.677. The highest BCUT2D eigenvalue weighted by Gasteiger charge is 2.23. The van der Waals surface area contributed by atoms with Crippen LogP contribution in [0, 0.1) is 0 Å². The van der Waals surface area contributed by atoms with Gasteiger partial charge in [0.15, 0.2) is 0 Å². The molecule has 116 valence electrons. The SMILES string of the molecule is CCCNC(Cc1ncnn1CC)C(CCC)OCC. The Bertz CT molecular complexity index is 347. The smallest absolute Gasteiger partial charge is 0.138 e. The number of hydrogen-bond donors (Lipinski definition) is 1. The van der Waals surface area contributed by atoms with Gasteiger partial charge in [-0.15, -0.1) is 0 Å². The lowest BCUT2D eigenvalue weighted by atomic mass is 10.0. The third-order valence-corrected chi connectivity index (χ3v) is 3.46. The lowest BCUT2D eigenvalue weighted by molar-refractivity contribution is 0.0274. The van der Waals surface area contributed by atoms with Gasteiger partial charge in [0.25, 0.3) is 0 Å². The molecule has 1 aromatic rings. The zero-order chi connectivity index (χ0) is 14.8. The van der Waals surface area contributed by atoms with E-state index in [4.69, 9.17) is 4.74 Å². The first-order valence-electron chi connectivity index (χ1n) is 7.98. The van der Waals surface area contributed by atoms with Crippen molar-refractivity contribution < 1.29 is 4.74 Å². The number of aromatic nitrogens is 3. The maximum absolute atomic E-state index is 5.94. The highest BCUT2D eigenvalue weighted by molar-refractivity contribution is 4.93. The molecule has 1 rings (SSSR count). The zero-order valence-corrected chi connectivity index (χ0v) is 13.4. The molecule has 0 amide bonds. The van der Waals surface area contributed by atoms with Gasteiger partial charge in [-0.1, -0.05) is 20.3 Å². The molecule has 0 radical (unpaired) electrons. The standard InChI is InChI=1S/C15H30N4O/c1-5-9-14(20-8-4)13(16-10-6-2)11-15-17-12-18-19(15)7-3/h12-14,16H,5-11H2,1-4H3. The van der Waals surface area contributed by atoms with Crippen LogP contribution in [0.4, 0.5) is 0 Å². The second kappa shape index (κ2) is 9.88. The van der Waals surface area contributed by atoms with Crippen molar-refractivity contribution in [1.82, 2.24) is 20.1 Å². The molecular weight excluding hydrogens is 252 g/mol. The van der Waals surface area contributed by atoms with Crippen LogP contribution >= 0.6 is 0 Å². The van der Waals surface area contributed by atoms with Gasteiger partial charge in [-0.25, -0.2) is 4.98 Å². The predicted molar refractivity (Wildman–Crippen MR) is 81.8 cm³/mol. The maximum Gasteiger partial charge on any atom is 0.138 e. The summed E-state index contributed by atoms with van der Waals surface area (Å²) in [6.45, 7) is 11.2. The van der Waals surface area contributed by atoms with E-state index in [1.807, 2.05) is 4.68 Å². The van der Waals surface area contributed by atoms with E-state index in [9.17, 15) is 0 Å². The molecule has 5 heteroatoms. The van der Waals surface area contributed by atoms with Gasteiger partial charge < -0.3 is 10.1 Å². The summed E-state index contributed by atoms with van der Waals surface area (Å²) in [6, 6.07) is 0.310. The molecule has 5 nitrogen and oxygen atoms in total. The van der Waals surface area contributed by atoms with Gasteiger partial charge in [-0.2, -0.15) is 5.10 Å². The molecule has 0 aliphatic carbocycles. The average molecular weight is 282 g/mol. The molecular formula is C15H30N4O. The Kier molecular flexibility index (Phi) is 8.46. The Morgan fingerprint density at radius 2 is 2.05 bits per heavy atom. The molecule has 0 aliphatic heterocycles. The summed E-state index contributed by atoms with van der Waals surface area (Å²) in [5, 5.41) is 7.88. The molecule has 1 N–H and O–H groups in total. The minimum Gasteiger partial charge on any atom is -0.377 e. The van der Waals surface area contributed by atoms with Crippen molar-refractivity contribution in [3.05, 3.63) is 12.2 Å². The first-order valence-corrected chi connectivity index (χ1v) is 7.98. The molecule has 0 aliphatic rings. The highest BCUT2D eigenvalue weighted by atomic mass is 16.5. The number of nitrogens with zero attached hydrogens (tertiary/aromatic N) is 3. The third kappa shape index (κ3) is 5.21. The fourth-order valence-corrected chi connectivity index (χ4v) is 2.47. The minimum atomic E-state index is 0.249. The van der Waals surface area contributed by atoms with Crippen LogP contribution in [0.25, 0.3) is 0 Å². The summed E-state index contributed by atoms with van der Waals surface area (Å²) >= 11 is 0. The van der Waals surface area contributed by atoms with Gasteiger partial charge in [-0.3, -0.25) is 4.68 Å². The van der Waals surface area contributed by atoms with Gasteiger partial charge >= 0.3 is 0 Å². The van der Waals surface area contributed by atoms with E-state index in [2.05, 4.69) is 43.1 Å². The topological polar surface area (TPSA) is 52.0 Å². The van der Waals surface area contributed by atoms with Crippen LogP contribution in [-0.4, -0.2) is 40.1 Å². The molecule has 1 heterocycles. The van der Waals surface area contributed by atoms with Crippen LogP contribution in [0.15, 0.2) is 6.33 Å². The maximum atomic E-state index is 5.94. The fourth-order valence-electron chi connectivity index (χ4n) is 2.47. The predicted octanol–water partition coefficient (Wildman–Crippen LogP) is 2.41. The van der Waals surface area contributed by atoms with Crippen molar-refractivity contribution >= 4 is 0 Å². The first-order chi connectivity index (χ1) is 9.76. The van der Waals surface area contributed by atoms with Crippen LogP contribution in [0.2, 0.25) is 0 Å². The third-order valence-electron chi connectivity index (χ3n) is 3.46. The van der Waals surface area contributed by atoms with E-state index in [-0.39, 0.29) is 6.10 Å². The summed E-state index contributed by atoms with van der Waals surface area (Å²) in [5.74, 6) is 1.04. The van der Waals surface area contributed by atoms with Crippen molar-refractivity contribution in [1.29, 1.82) is 0 Å². The molecule has 2 unspecified atom stereocenters. The summed E-state index contributed by atoms with van der Waals surface area (Å²) in [7, 11) is 0. The van der Waals surface area contributed by atoms with Crippen molar-refractivity contribution in [2.24, 2.45) is 0 Å². The van der Waals surface area contributed by atoms with E-state index in [1.54, 1.807) is 6.33 Å². The molecule has 1 aromatic heterocycles. The summed E-state index contributed by atoms with van der Waals surface area (Å²) in [5.41, 5.74) is 0. The monoisotopic (exact) mass is 282 g/mol. The number of nitrogens with one attached hydrogen (secondary N) is 1. The second-order valence-corrected chi connectivity index (χ2v) is 5.04. The number of ether oxygens (including phenoxy) is 1. The zero-order valence-electron chi connectivity index (χ0n) is 13.4. The number of rotatable bonds is 11. The van der Waals surface area contributed by atoms with Gasteiger partial charge in [0, 0.05) is 25.6 Å². The second-order valence-electron chi connectivity index (χ2n) is 5.04. The van der Waals surface area contributed by atoms with Gasteiger partial charge in [0.2, 0.25) is 0 Å². The summed E-state index contributed by atoms with van der Waals surface area (Å²) in [4.78, 5) is 4.39. The van der Waals surface area contributed by atoms with Gasteiger partial charge in [0.05, 0.1) is 6.10 Å². The van der Waals surface area contributed by atoms with E-state index in [0.717, 1.165) is 51.2 Å². The summed E-state index contributed by atoms with van der Waals surface area (Å²) in [6.07, 6.45) is 6.11. The largest absolute Gasteiger partial charge is 0.377 e. The average Bonchev–Trinajstić information content (AvgIpc) is 2.90. The Balaban J connectivity index is 2.75. The number of aryl methyl sites for hydroxylation is 1. The minimum absolute atomic E-state index is 0.249. The van der Waals surface area contributed by atoms with Gasteiger partial charge in [0.1, 0.15) is 12.2 Å². The Hall–Kier alpha value is -0.940. The molecule has 0 bridgehead atoms. The molecule has 0 aromatic carbocycles. The lowest BCUT2D eigenvalue weighted by Crippen LogP contribution is -2.44. The van der Waals surface area contributed by atoms with E-state index in [1.165, 1.54) is 0 Å². The Morgan fingerprint density at radius 3 is 2.65 bits per heavy atom. The molecule has 0 spiro atoms. The van der Waals surface area contributed by atoms with Crippen molar-refractivity contribution in [2.45, 2.75) is 72.1 Å². The van der Waals surface area contributed by atoms with Crippen LogP contribution in [0.1, 0.15) is 52.8 Å². The Labute approximate surface area is 123 Å². The van der Waals surface area contributed by atoms with Crippen LogP contribution in [0.5, 0.6) is 0 Å². The number of hydrogen-bond acceptors (Lipinski definition) is 4. The lowest BCUT2D eigenvalue weighted by Gasteiger charge is -2.27. The molecule has 0 saturated carbocycles. The van der Waals surface area contributed by atoms with Crippen molar-refractivity contribution in [3.63, 3.8) is 0 Å². The molecule has 0 fully saturated rings. The van der Waals surface area contributed by atoms with Crippen molar-refractivity contribution in [2.75, 3.05) is 13.2 Å². The Morgan fingerprint density at radius 1 is 1.25 bits per heavy atom. The molecule has 2 atom stereocenters. The first kappa shape index (κ1) is 17.1. The van der Waals surface area contributed by atoms with Crippen LogP contribution < -0.4 is 5.32 Å². The van der Waals surface area contributed by atoms with Gasteiger partial charge in [-0.05, 0) is 33.2 Å². The fraction of sp³-hybridized carbons (Fsp3) is 0.867. The molecule has 0 saturated heterocycles. The van der Waals surface area contributed by atoms with Crippen LogP contribution in [-0.2, 0) is 17.7 Å². The van der Waals surface area contributed by atoms with Crippen LogP contribution in [0.3, 0.4) is 0 Å². The van der Waals surface area contributed by atoms with E-state index >= 15 is 0 Å². The van der Waals surface area contributed by atoms with E-state index < -0.39 is 0 Å². The van der Waals surface area contributed by atoms with E-state index in [0.29, 0.717) is 6.04 Å². The highest BCUT2D eigenvalue weighted by Crippen LogP contribution is 2.12. The summed E-state index contributed by atoms with van der Waals surface area (Å²) < 4.78 is 7.91. The van der Waals surface area contributed by atoms with Crippen molar-refractivity contribution in [3.8, 4) is 0 Å². The molecule has 20 heavy (non-hydrogen) atoms. The normalized spacial score (nSPS) is 14.4.